The van der Waals surface area contributed by atoms with Crippen molar-refractivity contribution in [3.63, 3.8) is 0 Å². The Morgan fingerprint density at radius 1 is 1.19 bits per heavy atom. The Morgan fingerprint density at radius 2 is 2.00 bits per heavy atom. The van der Waals surface area contributed by atoms with Crippen LogP contribution in [-0.2, 0) is 5.75 Å². The molecule has 0 saturated carbocycles. The molecular weight excluding hydrogens is 284 g/mol. The lowest BCUT2D eigenvalue weighted by atomic mass is 10.2. The van der Waals surface area contributed by atoms with Crippen LogP contribution >= 0.6 is 11.8 Å². The second kappa shape index (κ2) is 5.97. The van der Waals surface area contributed by atoms with Crippen LogP contribution in [-0.4, -0.2) is 15.1 Å². The Bertz CT molecular complexity index is 739. The van der Waals surface area contributed by atoms with Gasteiger partial charge in [0.25, 0.3) is 5.89 Å². The fourth-order valence-corrected chi connectivity index (χ4v) is 2.55. The van der Waals surface area contributed by atoms with E-state index in [1.807, 2.05) is 0 Å². The fourth-order valence-electron chi connectivity index (χ4n) is 1.81. The largest absolute Gasteiger partial charge is 0.397 e. The third-order valence-corrected chi connectivity index (χ3v) is 3.95. The zero-order chi connectivity index (χ0) is 14.7. The van der Waals surface area contributed by atoms with Gasteiger partial charge in [-0.1, -0.05) is 22.9 Å². The fraction of sp³-hybridized carbons (Fsp3) is 0.133. The predicted octanol–water partition coefficient (Wildman–Crippen LogP) is 3.31. The molecule has 1 aromatic carbocycles. The van der Waals surface area contributed by atoms with Gasteiger partial charge in [-0.3, -0.25) is 4.98 Å². The molecule has 0 aliphatic rings. The lowest BCUT2D eigenvalue weighted by Crippen LogP contribution is -1.91. The Balaban J connectivity index is 1.71. The van der Waals surface area contributed by atoms with Gasteiger partial charge in [0.05, 0.1) is 23.2 Å². The molecule has 0 radical (unpaired) electrons. The molecule has 3 aromatic rings. The van der Waals surface area contributed by atoms with Crippen LogP contribution in [0.25, 0.3) is 11.5 Å². The van der Waals surface area contributed by atoms with Gasteiger partial charge in [0.1, 0.15) is 0 Å². The van der Waals surface area contributed by atoms with Crippen LogP contribution in [0.2, 0.25) is 0 Å². The third kappa shape index (κ3) is 3.22. The number of nitrogen functional groups attached to an aromatic ring is 1. The minimum Gasteiger partial charge on any atom is -0.397 e. The van der Waals surface area contributed by atoms with Crippen LogP contribution in [0.15, 0.2) is 52.1 Å². The van der Waals surface area contributed by atoms with Crippen LogP contribution < -0.4 is 5.73 Å². The SMILES string of the molecule is Cc1ccc(SCc2noc(-c3ccncc3N)n2)cc1. The average molecular weight is 298 g/mol. The van der Waals surface area contributed by atoms with Crippen LogP contribution in [0.4, 0.5) is 5.69 Å². The Kier molecular flexibility index (Phi) is 3.87. The van der Waals surface area contributed by atoms with Crippen molar-refractivity contribution < 1.29 is 4.52 Å². The molecule has 0 unspecified atom stereocenters. The molecule has 0 aliphatic heterocycles. The molecule has 21 heavy (non-hydrogen) atoms. The van der Waals surface area contributed by atoms with Crippen molar-refractivity contribution >= 4 is 17.4 Å². The van der Waals surface area contributed by atoms with Gasteiger partial charge in [-0.15, -0.1) is 11.8 Å². The van der Waals surface area contributed by atoms with E-state index in [-0.39, 0.29) is 0 Å². The second-order valence-corrected chi connectivity index (χ2v) is 5.63. The standard InChI is InChI=1S/C15H14N4OS/c1-10-2-4-11(5-3-10)21-9-14-18-15(20-19-14)12-6-7-17-8-13(12)16/h2-8H,9,16H2,1H3. The molecule has 0 saturated heterocycles. The quantitative estimate of drug-likeness (QED) is 0.744. The van der Waals surface area contributed by atoms with Crippen molar-refractivity contribution in [2.24, 2.45) is 0 Å². The highest BCUT2D eigenvalue weighted by Crippen LogP contribution is 2.25. The zero-order valence-electron chi connectivity index (χ0n) is 11.5. The molecule has 3 rings (SSSR count). The topological polar surface area (TPSA) is 77.8 Å². The molecule has 2 N–H and O–H groups in total. The number of nitrogens with zero attached hydrogens (tertiary/aromatic N) is 3. The lowest BCUT2D eigenvalue weighted by Gasteiger charge is -1.99. The molecule has 0 amide bonds. The number of aromatic nitrogens is 3. The monoisotopic (exact) mass is 298 g/mol. The first-order valence-corrected chi connectivity index (χ1v) is 7.43. The summed E-state index contributed by atoms with van der Waals surface area (Å²) < 4.78 is 5.26. The number of hydrogen-bond acceptors (Lipinski definition) is 6. The van der Waals surface area contributed by atoms with Crippen molar-refractivity contribution in [2.75, 3.05) is 5.73 Å². The summed E-state index contributed by atoms with van der Waals surface area (Å²) in [5.74, 6) is 1.72. The van der Waals surface area contributed by atoms with Gasteiger partial charge in [-0.2, -0.15) is 4.98 Å². The molecule has 106 valence electrons. The minimum atomic E-state index is 0.425. The van der Waals surface area contributed by atoms with E-state index in [9.17, 15) is 0 Å². The highest BCUT2D eigenvalue weighted by molar-refractivity contribution is 7.98. The van der Waals surface area contributed by atoms with E-state index in [0.717, 1.165) is 0 Å². The summed E-state index contributed by atoms with van der Waals surface area (Å²) in [5.41, 5.74) is 8.33. The van der Waals surface area contributed by atoms with Gasteiger partial charge in [-0.05, 0) is 25.1 Å². The van der Waals surface area contributed by atoms with E-state index < -0.39 is 0 Å². The van der Waals surface area contributed by atoms with Gasteiger partial charge < -0.3 is 10.3 Å². The van der Waals surface area contributed by atoms with Crippen LogP contribution in [0.3, 0.4) is 0 Å². The maximum absolute atomic E-state index is 5.85. The minimum absolute atomic E-state index is 0.425. The van der Waals surface area contributed by atoms with E-state index in [1.165, 1.54) is 10.5 Å². The Labute approximate surface area is 126 Å². The molecule has 0 spiro atoms. The predicted molar refractivity (Wildman–Crippen MR) is 82.7 cm³/mol. The number of pyridine rings is 1. The van der Waals surface area contributed by atoms with Gasteiger partial charge in [-0.25, -0.2) is 0 Å². The summed E-state index contributed by atoms with van der Waals surface area (Å²) in [5, 5.41) is 3.98. The Morgan fingerprint density at radius 3 is 2.76 bits per heavy atom. The molecule has 0 fully saturated rings. The second-order valence-electron chi connectivity index (χ2n) is 4.58. The first kappa shape index (κ1) is 13.6. The average Bonchev–Trinajstić information content (AvgIpc) is 2.96. The molecule has 0 atom stereocenters. The summed E-state index contributed by atoms with van der Waals surface area (Å²) in [6.07, 6.45) is 3.22. The molecule has 6 heteroatoms. The van der Waals surface area contributed by atoms with E-state index in [1.54, 1.807) is 30.2 Å². The molecule has 0 bridgehead atoms. The van der Waals surface area contributed by atoms with E-state index >= 15 is 0 Å². The normalized spacial score (nSPS) is 10.7. The van der Waals surface area contributed by atoms with Crippen molar-refractivity contribution in [1.82, 2.24) is 15.1 Å². The molecule has 0 aliphatic carbocycles. The van der Waals surface area contributed by atoms with Crippen molar-refractivity contribution in [3.05, 3.63) is 54.1 Å². The number of benzene rings is 1. The van der Waals surface area contributed by atoms with Gasteiger partial charge in [0, 0.05) is 11.1 Å². The number of anilines is 1. The highest BCUT2D eigenvalue weighted by atomic mass is 32.2. The van der Waals surface area contributed by atoms with Gasteiger partial charge in [0.15, 0.2) is 5.82 Å². The summed E-state index contributed by atoms with van der Waals surface area (Å²) in [6, 6.07) is 10.1. The molecule has 2 aromatic heterocycles. The zero-order valence-corrected chi connectivity index (χ0v) is 12.3. The van der Waals surface area contributed by atoms with E-state index in [0.29, 0.717) is 28.7 Å². The summed E-state index contributed by atoms with van der Waals surface area (Å²) in [4.78, 5) is 9.49. The van der Waals surface area contributed by atoms with Crippen molar-refractivity contribution in [1.29, 1.82) is 0 Å². The first-order chi connectivity index (χ1) is 10.2. The number of thioether (sulfide) groups is 1. The van der Waals surface area contributed by atoms with Crippen molar-refractivity contribution in [2.45, 2.75) is 17.6 Å². The molecule has 2 heterocycles. The maximum atomic E-state index is 5.85. The Hall–Kier alpha value is -2.34. The summed E-state index contributed by atoms with van der Waals surface area (Å²) in [6.45, 7) is 2.07. The van der Waals surface area contributed by atoms with Crippen LogP contribution in [0.1, 0.15) is 11.4 Å². The lowest BCUT2D eigenvalue weighted by molar-refractivity contribution is 0.425. The molecular formula is C15H14N4OS. The van der Waals surface area contributed by atoms with Gasteiger partial charge >= 0.3 is 0 Å². The van der Waals surface area contributed by atoms with Crippen LogP contribution in [0.5, 0.6) is 0 Å². The summed E-state index contributed by atoms with van der Waals surface area (Å²) in [7, 11) is 0. The number of aryl methyl sites for hydroxylation is 1. The van der Waals surface area contributed by atoms with Crippen LogP contribution in [0, 0.1) is 6.92 Å². The van der Waals surface area contributed by atoms with E-state index in [4.69, 9.17) is 10.3 Å². The number of nitrogens with two attached hydrogens (primary N) is 1. The summed E-state index contributed by atoms with van der Waals surface area (Å²) >= 11 is 1.67. The smallest absolute Gasteiger partial charge is 0.260 e. The third-order valence-electron chi connectivity index (χ3n) is 2.94. The maximum Gasteiger partial charge on any atom is 0.260 e. The molecule has 5 nitrogen and oxygen atoms in total. The number of rotatable bonds is 4. The van der Waals surface area contributed by atoms with E-state index in [2.05, 4.69) is 46.3 Å². The van der Waals surface area contributed by atoms with Crippen molar-refractivity contribution in [3.8, 4) is 11.5 Å². The highest BCUT2D eigenvalue weighted by Gasteiger charge is 2.11. The van der Waals surface area contributed by atoms with Gasteiger partial charge in [0.2, 0.25) is 0 Å². The number of hydrogen-bond donors (Lipinski definition) is 1. The first-order valence-electron chi connectivity index (χ1n) is 6.44.